The van der Waals surface area contributed by atoms with Gasteiger partial charge >= 0.3 is 0 Å². The first-order valence-electron chi connectivity index (χ1n) is 7.23. The van der Waals surface area contributed by atoms with Gasteiger partial charge in [-0.15, -0.1) is 0 Å². The van der Waals surface area contributed by atoms with Crippen molar-refractivity contribution < 1.29 is 9.15 Å². The molecule has 0 bridgehead atoms. The lowest BCUT2D eigenvalue weighted by molar-refractivity contribution is 0.0921. The molecule has 1 N–H and O–H groups in total. The van der Waals surface area contributed by atoms with Crippen molar-refractivity contribution in [1.29, 1.82) is 0 Å². The highest BCUT2D eigenvalue weighted by Crippen LogP contribution is 2.15. The summed E-state index contributed by atoms with van der Waals surface area (Å²) in [5.74, 6) is 1.55. The fourth-order valence-corrected chi connectivity index (χ4v) is 2.25. The summed E-state index contributed by atoms with van der Waals surface area (Å²) in [6.45, 7) is 7.32. The van der Waals surface area contributed by atoms with Crippen molar-refractivity contribution >= 4 is 15.9 Å². The number of hydrogen-bond acceptors (Lipinski definition) is 3. The van der Waals surface area contributed by atoms with Gasteiger partial charge in [-0.3, -0.25) is 0 Å². The molecule has 1 aromatic heterocycles. The second-order valence-corrected chi connectivity index (χ2v) is 6.43. The molecule has 1 heterocycles. The maximum atomic E-state index is 5.74. The van der Waals surface area contributed by atoms with E-state index in [4.69, 9.17) is 9.15 Å². The summed E-state index contributed by atoms with van der Waals surface area (Å²) in [5.41, 5.74) is 2.33. The van der Waals surface area contributed by atoms with Gasteiger partial charge in [0.1, 0.15) is 12.4 Å². The van der Waals surface area contributed by atoms with Crippen LogP contribution < -0.4 is 5.32 Å². The van der Waals surface area contributed by atoms with Gasteiger partial charge in [0.2, 0.25) is 0 Å². The molecule has 0 aliphatic heterocycles. The van der Waals surface area contributed by atoms with Crippen LogP contribution in [0.3, 0.4) is 0 Å². The summed E-state index contributed by atoms with van der Waals surface area (Å²) in [6, 6.07) is 10.2. The normalized spacial score (nSPS) is 11.2. The molecule has 0 unspecified atom stereocenters. The number of halogens is 1. The van der Waals surface area contributed by atoms with Crippen molar-refractivity contribution in [2.45, 2.75) is 33.6 Å². The zero-order chi connectivity index (χ0) is 15.1. The fourth-order valence-electron chi connectivity index (χ4n) is 1.99. The Morgan fingerprint density at radius 2 is 1.90 bits per heavy atom. The summed E-state index contributed by atoms with van der Waals surface area (Å²) in [4.78, 5) is 0. The highest BCUT2D eigenvalue weighted by atomic mass is 79.9. The van der Waals surface area contributed by atoms with Gasteiger partial charge in [-0.2, -0.15) is 0 Å². The molecular weight excluding hydrogens is 330 g/mol. The minimum Gasteiger partial charge on any atom is -0.467 e. The van der Waals surface area contributed by atoms with E-state index in [1.54, 1.807) is 6.26 Å². The highest BCUT2D eigenvalue weighted by molar-refractivity contribution is 9.10. The quantitative estimate of drug-likeness (QED) is 0.759. The van der Waals surface area contributed by atoms with Gasteiger partial charge in [0.25, 0.3) is 0 Å². The van der Waals surface area contributed by atoms with E-state index in [1.807, 2.05) is 18.2 Å². The van der Waals surface area contributed by atoms with Crippen LogP contribution in [0.1, 0.15) is 30.7 Å². The molecule has 3 nitrogen and oxygen atoms in total. The van der Waals surface area contributed by atoms with E-state index in [9.17, 15) is 0 Å². The Bertz CT molecular complexity index is 534. The molecule has 0 saturated carbocycles. The lowest BCUT2D eigenvalue weighted by Crippen LogP contribution is -2.19. The molecule has 114 valence electrons. The van der Waals surface area contributed by atoms with Gasteiger partial charge < -0.3 is 14.5 Å². The molecule has 0 fully saturated rings. The SMILES string of the molecule is CC(C)CNCc1ccoc1COCc1ccc(Br)cc1. The van der Waals surface area contributed by atoms with Crippen LogP contribution in [0.15, 0.2) is 45.5 Å². The Morgan fingerprint density at radius 1 is 1.14 bits per heavy atom. The van der Waals surface area contributed by atoms with Crippen molar-refractivity contribution in [2.24, 2.45) is 5.92 Å². The second-order valence-electron chi connectivity index (χ2n) is 5.51. The topological polar surface area (TPSA) is 34.4 Å². The number of hydrogen-bond donors (Lipinski definition) is 1. The Hall–Kier alpha value is -1.10. The van der Waals surface area contributed by atoms with Crippen LogP contribution in [0.4, 0.5) is 0 Å². The number of benzene rings is 1. The van der Waals surface area contributed by atoms with Crippen molar-refractivity contribution in [3.63, 3.8) is 0 Å². The van der Waals surface area contributed by atoms with E-state index in [2.05, 4.69) is 47.2 Å². The van der Waals surface area contributed by atoms with Crippen LogP contribution in [0.2, 0.25) is 0 Å². The van der Waals surface area contributed by atoms with E-state index in [0.717, 1.165) is 28.9 Å². The van der Waals surface area contributed by atoms with Gasteiger partial charge in [0.05, 0.1) is 12.9 Å². The van der Waals surface area contributed by atoms with Crippen LogP contribution in [-0.4, -0.2) is 6.54 Å². The molecule has 0 aliphatic rings. The molecule has 21 heavy (non-hydrogen) atoms. The standard InChI is InChI=1S/C17H22BrNO2/c1-13(2)9-19-10-15-7-8-21-17(15)12-20-11-14-3-5-16(18)6-4-14/h3-8,13,19H,9-12H2,1-2H3. The average molecular weight is 352 g/mol. The molecule has 0 aliphatic carbocycles. The van der Waals surface area contributed by atoms with Crippen LogP contribution in [0.5, 0.6) is 0 Å². The van der Waals surface area contributed by atoms with Gasteiger partial charge in [-0.05, 0) is 36.2 Å². The third-order valence-corrected chi connectivity index (χ3v) is 3.65. The third kappa shape index (κ3) is 5.65. The Labute approximate surface area is 134 Å². The van der Waals surface area contributed by atoms with Crippen molar-refractivity contribution in [1.82, 2.24) is 5.32 Å². The first-order chi connectivity index (χ1) is 10.1. The highest BCUT2D eigenvalue weighted by Gasteiger charge is 2.06. The van der Waals surface area contributed by atoms with Gasteiger partial charge in [0, 0.05) is 16.6 Å². The van der Waals surface area contributed by atoms with Gasteiger partial charge in [-0.1, -0.05) is 41.9 Å². The lowest BCUT2D eigenvalue weighted by atomic mass is 10.2. The zero-order valence-corrected chi connectivity index (χ0v) is 14.2. The molecule has 0 atom stereocenters. The molecule has 0 amide bonds. The number of rotatable bonds is 8. The van der Waals surface area contributed by atoms with E-state index < -0.39 is 0 Å². The Balaban J connectivity index is 1.78. The van der Waals surface area contributed by atoms with Gasteiger partial charge in [-0.25, -0.2) is 0 Å². The molecule has 2 rings (SSSR count). The van der Waals surface area contributed by atoms with Crippen LogP contribution in [0, 0.1) is 5.92 Å². The predicted molar refractivity (Wildman–Crippen MR) is 87.9 cm³/mol. The molecular formula is C17H22BrNO2. The van der Waals surface area contributed by atoms with Crippen LogP contribution >= 0.6 is 15.9 Å². The summed E-state index contributed by atoms with van der Waals surface area (Å²) in [6.07, 6.45) is 1.73. The molecule has 0 radical (unpaired) electrons. The van der Waals surface area contributed by atoms with E-state index in [1.165, 1.54) is 5.56 Å². The molecule has 0 spiro atoms. The maximum absolute atomic E-state index is 5.74. The first kappa shape index (κ1) is 16.3. The first-order valence-corrected chi connectivity index (χ1v) is 8.02. The Morgan fingerprint density at radius 3 is 2.62 bits per heavy atom. The fraction of sp³-hybridized carbons (Fsp3) is 0.412. The van der Waals surface area contributed by atoms with Crippen molar-refractivity contribution in [2.75, 3.05) is 6.54 Å². The van der Waals surface area contributed by atoms with E-state index >= 15 is 0 Å². The van der Waals surface area contributed by atoms with E-state index in [-0.39, 0.29) is 0 Å². The summed E-state index contributed by atoms with van der Waals surface area (Å²) >= 11 is 3.43. The third-order valence-electron chi connectivity index (χ3n) is 3.12. The molecule has 1 aromatic carbocycles. The van der Waals surface area contributed by atoms with Crippen LogP contribution in [-0.2, 0) is 24.5 Å². The number of furan rings is 1. The molecule has 4 heteroatoms. The lowest BCUT2D eigenvalue weighted by Gasteiger charge is -2.08. The summed E-state index contributed by atoms with van der Waals surface area (Å²) < 4.78 is 12.3. The maximum Gasteiger partial charge on any atom is 0.133 e. The average Bonchev–Trinajstić information content (AvgIpc) is 2.88. The van der Waals surface area contributed by atoms with Crippen molar-refractivity contribution in [3.05, 3.63) is 58.0 Å². The van der Waals surface area contributed by atoms with Gasteiger partial charge in [0.15, 0.2) is 0 Å². The minimum atomic E-state index is 0.502. The Kier molecular flexibility index (Phi) is 6.49. The monoisotopic (exact) mass is 351 g/mol. The smallest absolute Gasteiger partial charge is 0.133 e. The molecule has 0 saturated heterocycles. The zero-order valence-electron chi connectivity index (χ0n) is 12.6. The predicted octanol–water partition coefficient (Wildman–Crippen LogP) is 4.50. The largest absolute Gasteiger partial charge is 0.467 e. The number of ether oxygens (including phenoxy) is 1. The molecule has 2 aromatic rings. The number of nitrogens with one attached hydrogen (secondary N) is 1. The van der Waals surface area contributed by atoms with Crippen LogP contribution in [0.25, 0.3) is 0 Å². The summed E-state index contributed by atoms with van der Waals surface area (Å²) in [5, 5.41) is 3.42. The minimum absolute atomic E-state index is 0.502. The second kappa shape index (κ2) is 8.37. The summed E-state index contributed by atoms with van der Waals surface area (Å²) in [7, 11) is 0. The van der Waals surface area contributed by atoms with E-state index in [0.29, 0.717) is 19.1 Å². The van der Waals surface area contributed by atoms with Crippen molar-refractivity contribution in [3.8, 4) is 0 Å².